The lowest BCUT2D eigenvalue weighted by Gasteiger charge is -2.28. The van der Waals surface area contributed by atoms with Gasteiger partial charge in [-0.15, -0.1) is 0 Å². The van der Waals surface area contributed by atoms with E-state index in [0.717, 1.165) is 25.9 Å². The van der Waals surface area contributed by atoms with Crippen LogP contribution in [0.25, 0.3) is 0 Å². The van der Waals surface area contributed by atoms with Gasteiger partial charge in [-0.2, -0.15) is 0 Å². The van der Waals surface area contributed by atoms with E-state index in [2.05, 4.69) is 5.32 Å². The Kier molecular flexibility index (Phi) is 6.77. The van der Waals surface area contributed by atoms with Gasteiger partial charge in [-0.3, -0.25) is 4.79 Å². The van der Waals surface area contributed by atoms with E-state index in [1.54, 1.807) is 12.1 Å². The lowest BCUT2D eigenvalue weighted by molar-refractivity contribution is 0.0692. The molecule has 0 spiro atoms. The van der Waals surface area contributed by atoms with E-state index in [1.165, 1.54) is 19.2 Å². The lowest BCUT2D eigenvalue weighted by atomic mass is 10.1. The van der Waals surface area contributed by atoms with E-state index < -0.39 is 9.84 Å². The van der Waals surface area contributed by atoms with Crippen molar-refractivity contribution in [3.05, 3.63) is 29.8 Å². The Balaban J connectivity index is 2.14. The number of carbonyl (C=O) groups excluding carboxylic acids is 1. The molecule has 1 heterocycles. The molecule has 1 N–H and O–H groups in total. The van der Waals surface area contributed by atoms with Crippen LogP contribution in [0.5, 0.6) is 0 Å². The molecule has 7 heteroatoms. The molecule has 1 aromatic rings. The molecule has 0 aromatic heterocycles. The summed E-state index contributed by atoms with van der Waals surface area (Å²) in [5.74, 6) is -0.0988. The molecule has 0 radical (unpaired) electrons. The number of sulfone groups is 1. The van der Waals surface area contributed by atoms with Crippen LogP contribution in [0.15, 0.2) is 29.2 Å². The van der Waals surface area contributed by atoms with Crippen molar-refractivity contribution in [2.75, 3.05) is 39.1 Å². The van der Waals surface area contributed by atoms with E-state index >= 15 is 0 Å². The number of hydrogen-bond acceptors (Lipinski definition) is 5. The van der Waals surface area contributed by atoms with E-state index in [-0.39, 0.29) is 29.2 Å². The van der Waals surface area contributed by atoms with Gasteiger partial charge in [-0.25, -0.2) is 8.42 Å². The Morgan fingerprint density at radius 3 is 2.58 bits per heavy atom. The highest BCUT2D eigenvalue weighted by molar-refractivity contribution is 7.91. The van der Waals surface area contributed by atoms with Crippen molar-refractivity contribution in [1.29, 1.82) is 0 Å². The molecule has 1 aromatic carbocycles. The molecule has 1 atom stereocenters. The number of amides is 1. The van der Waals surface area contributed by atoms with Gasteiger partial charge in [0.1, 0.15) is 0 Å². The van der Waals surface area contributed by atoms with Gasteiger partial charge in [0.25, 0.3) is 5.91 Å². The zero-order valence-electron chi connectivity index (χ0n) is 14.3. The first-order valence-electron chi connectivity index (χ1n) is 8.33. The Hall–Kier alpha value is -1.44. The van der Waals surface area contributed by atoms with Crippen molar-refractivity contribution in [3.8, 4) is 0 Å². The summed E-state index contributed by atoms with van der Waals surface area (Å²) in [7, 11) is -1.90. The summed E-state index contributed by atoms with van der Waals surface area (Å²) in [6, 6.07) is 6.44. The van der Waals surface area contributed by atoms with Crippen LogP contribution in [0.4, 0.5) is 0 Å². The molecule has 134 valence electrons. The van der Waals surface area contributed by atoms with Crippen LogP contribution in [0.3, 0.4) is 0 Å². The van der Waals surface area contributed by atoms with Crippen LogP contribution >= 0.6 is 0 Å². The second-order valence-electron chi connectivity index (χ2n) is 5.98. The third-order valence-electron chi connectivity index (χ3n) is 4.22. The predicted octanol–water partition coefficient (Wildman–Crippen LogP) is 1.32. The van der Waals surface area contributed by atoms with Crippen LogP contribution < -0.4 is 5.32 Å². The summed E-state index contributed by atoms with van der Waals surface area (Å²) in [5.41, 5.74) is 0.529. The fraction of sp³-hybridized carbons (Fsp3) is 0.588. The minimum atomic E-state index is -3.37. The summed E-state index contributed by atoms with van der Waals surface area (Å²) >= 11 is 0. The van der Waals surface area contributed by atoms with E-state index in [1.807, 2.05) is 11.8 Å². The molecule has 0 saturated carbocycles. The van der Waals surface area contributed by atoms with E-state index in [9.17, 15) is 13.2 Å². The maximum absolute atomic E-state index is 12.8. The normalized spacial score (nSPS) is 17.8. The highest BCUT2D eigenvalue weighted by Crippen LogP contribution is 2.17. The minimum absolute atomic E-state index is 0.0358. The number of nitrogens with one attached hydrogen (secondary N) is 1. The largest absolute Gasteiger partial charge is 0.384 e. The van der Waals surface area contributed by atoms with Crippen LogP contribution in [0, 0.1) is 0 Å². The molecule has 1 amide bonds. The second-order valence-corrected chi connectivity index (χ2v) is 8.09. The Bertz CT molecular complexity index is 637. The lowest BCUT2D eigenvalue weighted by Crippen LogP contribution is -2.42. The number of carbonyl (C=O) groups is 1. The monoisotopic (exact) mass is 354 g/mol. The number of rotatable bonds is 8. The third-order valence-corrected chi connectivity index (χ3v) is 5.91. The zero-order valence-corrected chi connectivity index (χ0v) is 15.1. The van der Waals surface area contributed by atoms with Crippen molar-refractivity contribution < 1.29 is 17.9 Å². The quantitative estimate of drug-likeness (QED) is 0.762. The first-order chi connectivity index (χ1) is 11.5. The maximum atomic E-state index is 12.8. The Morgan fingerprint density at radius 2 is 2.04 bits per heavy atom. The second kappa shape index (κ2) is 8.60. The number of nitrogens with zero attached hydrogens (tertiary/aromatic N) is 1. The van der Waals surface area contributed by atoms with Gasteiger partial charge in [0.15, 0.2) is 9.84 Å². The summed E-state index contributed by atoms with van der Waals surface area (Å²) in [4.78, 5) is 14.9. The average molecular weight is 354 g/mol. The molecule has 24 heavy (non-hydrogen) atoms. The van der Waals surface area contributed by atoms with Crippen LogP contribution in [0.1, 0.15) is 30.1 Å². The van der Waals surface area contributed by atoms with Gasteiger partial charge in [0.05, 0.1) is 17.3 Å². The molecule has 1 unspecified atom stereocenters. The molecule has 1 aliphatic rings. The predicted molar refractivity (Wildman–Crippen MR) is 93.0 cm³/mol. The van der Waals surface area contributed by atoms with Crippen molar-refractivity contribution >= 4 is 15.7 Å². The fourth-order valence-corrected chi connectivity index (χ4v) is 4.05. The van der Waals surface area contributed by atoms with Crippen LogP contribution in [0.2, 0.25) is 0 Å². The highest BCUT2D eigenvalue weighted by Gasteiger charge is 2.26. The Labute approximate surface area is 144 Å². The summed E-state index contributed by atoms with van der Waals surface area (Å²) in [5, 5.41) is 3.28. The third kappa shape index (κ3) is 4.55. The standard InChI is InChI=1S/C17H26N2O4S/c1-3-10-19(15-8-9-18-13-15)17(20)14-4-6-16(7-5-14)24(21,22)12-11-23-2/h4-7,15,18H,3,8-13H2,1-2H3. The van der Waals surface area contributed by atoms with Gasteiger partial charge in [-0.05, 0) is 43.7 Å². The molecule has 0 aliphatic carbocycles. The number of hydrogen-bond donors (Lipinski definition) is 1. The van der Waals surface area contributed by atoms with E-state index in [4.69, 9.17) is 4.74 Å². The number of methoxy groups -OCH3 is 1. The van der Waals surface area contributed by atoms with Gasteiger partial charge in [0, 0.05) is 31.8 Å². The maximum Gasteiger partial charge on any atom is 0.254 e. The molecule has 1 saturated heterocycles. The molecule has 6 nitrogen and oxygen atoms in total. The van der Waals surface area contributed by atoms with Crippen molar-refractivity contribution in [1.82, 2.24) is 10.2 Å². The summed E-state index contributed by atoms with van der Waals surface area (Å²) in [6.45, 7) is 4.65. The van der Waals surface area contributed by atoms with E-state index in [0.29, 0.717) is 12.1 Å². The van der Waals surface area contributed by atoms with Gasteiger partial charge in [-0.1, -0.05) is 6.92 Å². The van der Waals surface area contributed by atoms with Crippen LogP contribution in [-0.4, -0.2) is 64.4 Å². The average Bonchev–Trinajstić information content (AvgIpc) is 3.11. The first-order valence-corrected chi connectivity index (χ1v) is 9.98. The molecule has 2 rings (SSSR count). The number of benzene rings is 1. The highest BCUT2D eigenvalue weighted by atomic mass is 32.2. The fourth-order valence-electron chi connectivity index (χ4n) is 2.88. The molecular formula is C17H26N2O4S. The molecular weight excluding hydrogens is 328 g/mol. The zero-order chi connectivity index (χ0) is 17.6. The smallest absolute Gasteiger partial charge is 0.254 e. The van der Waals surface area contributed by atoms with Gasteiger partial charge < -0.3 is 15.0 Å². The first kappa shape index (κ1) is 18.9. The summed E-state index contributed by atoms with van der Waals surface area (Å²) < 4.78 is 29.1. The van der Waals surface area contributed by atoms with Gasteiger partial charge in [0.2, 0.25) is 0 Å². The SMILES string of the molecule is CCCN(C(=O)c1ccc(S(=O)(=O)CCOC)cc1)C1CCNC1. The summed E-state index contributed by atoms with van der Waals surface area (Å²) in [6.07, 6.45) is 1.85. The van der Waals surface area contributed by atoms with Crippen molar-refractivity contribution in [2.24, 2.45) is 0 Å². The van der Waals surface area contributed by atoms with Crippen LogP contribution in [-0.2, 0) is 14.6 Å². The topological polar surface area (TPSA) is 75.7 Å². The number of ether oxygens (including phenoxy) is 1. The molecule has 1 aliphatic heterocycles. The Morgan fingerprint density at radius 1 is 1.33 bits per heavy atom. The molecule has 1 fully saturated rings. The molecule has 0 bridgehead atoms. The van der Waals surface area contributed by atoms with Crippen molar-refractivity contribution in [3.63, 3.8) is 0 Å². The van der Waals surface area contributed by atoms with Gasteiger partial charge >= 0.3 is 0 Å². The minimum Gasteiger partial charge on any atom is -0.384 e. The van der Waals surface area contributed by atoms with Crippen molar-refractivity contribution in [2.45, 2.75) is 30.7 Å².